The highest BCUT2D eigenvalue weighted by Gasteiger charge is 2.45. The molecule has 6 rings (SSSR count). The van der Waals surface area contributed by atoms with Crippen LogP contribution in [0.4, 0.5) is 37.8 Å². The summed E-state index contributed by atoms with van der Waals surface area (Å²) in [5.74, 6) is 0.132. The number of ether oxygens (including phenoxy) is 1. The Kier molecular flexibility index (Phi) is 10.8. The number of H-pyrrole nitrogens is 1. The van der Waals surface area contributed by atoms with Crippen molar-refractivity contribution in [3.63, 3.8) is 0 Å². The number of halogens is 6. The van der Waals surface area contributed by atoms with E-state index < -0.39 is 29.6 Å². The van der Waals surface area contributed by atoms with Crippen molar-refractivity contribution in [3.8, 4) is 22.8 Å². The fourth-order valence-electron chi connectivity index (χ4n) is 7.53. The van der Waals surface area contributed by atoms with Gasteiger partial charge in [0.25, 0.3) is 0 Å². The van der Waals surface area contributed by atoms with Gasteiger partial charge in [-0.05, 0) is 44.9 Å². The van der Waals surface area contributed by atoms with Crippen LogP contribution in [0.3, 0.4) is 0 Å². The molecule has 53 heavy (non-hydrogen) atoms. The fourth-order valence-corrected chi connectivity index (χ4v) is 7.53. The smallest absolute Gasteiger partial charge is 0.433 e. The Labute approximate surface area is 301 Å². The molecule has 1 aliphatic heterocycles. The number of aromatic amines is 1. The molecular weight excluding hydrogens is 708 g/mol. The van der Waals surface area contributed by atoms with E-state index in [0.717, 1.165) is 38.4 Å². The maximum absolute atomic E-state index is 13.9. The zero-order chi connectivity index (χ0) is 38.1. The lowest BCUT2D eigenvalue weighted by atomic mass is 9.86. The number of aliphatic carboxylic acids is 1. The summed E-state index contributed by atoms with van der Waals surface area (Å²) in [4.78, 5) is 42.0. The van der Waals surface area contributed by atoms with Crippen LogP contribution >= 0.6 is 0 Å². The molecule has 2 N–H and O–H groups in total. The number of fused-ring (bicyclic) bond motifs is 1. The first-order chi connectivity index (χ1) is 25.1. The normalized spacial score (nSPS) is 18.2. The van der Waals surface area contributed by atoms with E-state index in [0.29, 0.717) is 73.8 Å². The van der Waals surface area contributed by atoms with E-state index in [9.17, 15) is 31.1 Å². The summed E-state index contributed by atoms with van der Waals surface area (Å²) in [6, 6.07) is 2.12. The molecule has 4 aromatic rings. The van der Waals surface area contributed by atoms with Gasteiger partial charge in [-0.25, -0.2) is 19.9 Å². The van der Waals surface area contributed by atoms with Crippen molar-refractivity contribution in [1.82, 2.24) is 34.8 Å². The summed E-state index contributed by atoms with van der Waals surface area (Å²) in [7, 11) is 3.47. The predicted octanol–water partition coefficient (Wildman–Crippen LogP) is 6.53. The van der Waals surface area contributed by atoms with Crippen LogP contribution in [0.2, 0.25) is 0 Å². The molecule has 1 aliphatic carbocycles. The van der Waals surface area contributed by atoms with Gasteiger partial charge in [0.05, 0.1) is 35.9 Å². The van der Waals surface area contributed by atoms with Crippen molar-refractivity contribution < 1.29 is 41.0 Å². The monoisotopic (exact) mass is 749 g/mol. The lowest BCUT2D eigenvalue weighted by Crippen LogP contribution is -2.52. The molecule has 1 saturated carbocycles. The Morgan fingerprint density at radius 1 is 1.02 bits per heavy atom. The van der Waals surface area contributed by atoms with E-state index in [4.69, 9.17) is 9.84 Å². The quantitative estimate of drug-likeness (QED) is 0.153. The Bertz CT molecular complexity index is 1910. The summed E-state index contributed by atoms with van der Waals surface area (Å²) in [5.41, 5.74) is -2.89. The molecule has 2 aliphatic rings. The Morgan fingerprint density at radius 2 is 1.77 bits per heavy atom. The Morgan fingerprint density at radius 3 is 2.40 bits per heavy atom. The average Bonchev–Trinajstić information content (AvgIpc) is 3.75. The standard InChI is InChI=1S/C35H41F6N9O3/c1-21-18-50(12-11-49(21)10-6-7-28(51)52)27-17-42-25(16-43-27)31-46-29-26(48(2)19-33(20-53-3)8-4-5-9-33)14-24(45-32(29)47-31)22-13-23(34(36,37)38)30(44-15-22)35(39,40)41/h13-17,21H,4-12,18-20H2,1-3H3,(H,51,52)(H,45,46,47)/t21-/m0/s1. The first-order valence-corrected chi connectivity index (χ1v) is 17.4. The van der Waals surface area contributed by atoms with Crippen LogP contribution in [0, 0.1) is 5.41 Å². The van der Waals surface area contributed by atoms with Gasteiger partial charge in [0.2, 0.25) is 0 Å². The number of piperazine rings is 1. The zero-order valence-electron chi connectivity index (χ0n) is 29.6. The van der Waals surface area contributed by atoms with Crippen molar-refractivity contribution in [2.24, 2.45) is 5.41 Å². The van der Waals surface area contributed by atoms with Gasteiger partial charge >= 0.3 is 18.3 Å². The predicted molar refractivity (Wildman–Crippen MR) is 184 cm³/mol. The van der Waals surface area contributed by atoms with Crippen molar-refractivity contribution in [2.75, 3.05) is 63.3 Å². The van der Waals surface area contributed by atoms with Gasteiger partial charge in [0, 0.05) is 70.0 Å². The van der Waals surface area contributed by atoms with Crippen LogP contribution in [0.1, 0.15) is 56.7 Å². The largest absolute Gasteiger partial charge is 0.481 e. The highest BCUT2D eigenvalue weighted by molar-refractivity contribution is 5.91. The van der Waals surface area contributed by atoms with E-state index >= 15 is 0 Å². The van der Waals surface area contributed by atoms with E-state index in [1.807, 2.05) is 11.9 Å². The summed E-state index contributed by atoms with van der Waals surface area (Å²) in [6.07, 6.45) is -2.13. The van der Waals surface area contributed by atoms with Gasteiger partial charge < -0.3 is 24.6 Å². The number of carboxylic acids is 1. The first kappa shape index (κ1) is 38.2. The number of anilines is 2. The number of rotatable bonds is 12. The summed E-state index contributed by atoms with van der Waals surface area (Å²) in [5, 5.41) is 8.96. The minimum Gasteiger partial charge on any atom is -0.481 e. The number of alkyl halides is 6. The number of pyridine rings is 2. The number of hydrogen-bond donors (Lipinski definition) is 2. The molecule has 1 saturated heterocycles. The van der Waals surface area contributed by atoms with Gasteiger partial charge in [0.1, 0.15) is 17.0 Å². The number of hydrogen-bond acceptors (Lipinski definition) is 10. The number of carbonyl (C=O) groups is 1. The van der Waals surface area contributed by atoms with Crippen molar-refractivity contribution in [2.45, 2.75) is 63.8 Å². The third-order valence-corrected chi connectivity index (χ3v) is 10.1. The van der Waals surface area contributed by atoms with Crippen molar-refractivity contribution in [1.29, 1.82) is 0 Å². The van der Waals surface area contributed by atoms with Crippen molar-refractivity contribution in [3.05, 3.63) is 42.0 Å². The highest BCUT2D eigenvalue weighted by atomic mass is 19.4. The molecular formula is C35H41F6N9O3. The molecule has 4 aromatic heterocycles. The Hall–Kier alpha value is -4.58. The second-order valence-electron chi connectivity index (χ2n) is 14.0. The van der Waals surface area contributed by atoms with Crippen LogP contribution < -0.4 is 9.80 Å². The number of carboxylic acid groups (broad SMARTS) is 1. The molecule has 0 spiro atoms. The zero-order valence-corrected chi connectivity index (χ0v) is 29.6. The number of imidazole rings is 1. The van der Waals surface area contributed by atoms with Gasteiger partial charge in [-0.1, -0.05) is 12.8 Å². The molecule has 0 aromatic carbocycles. The molecule has 0 radical (unpaired) electrons. The van der Waals surface area contributed by atoms with Gasteiger partial charge in [-0.3, -0.25) is 14.7 Å². The number of methoxy groups -OCH3 is 1. The fraction of sp³-hybridized carbons (Fsp3) is 0.543. The average molecular weight is 750 g/mol. The van der Waals surface area contributed by atoms with Crippen LogP contribution in [-0.2, 0) is 21.9 Å². The molecule has 0 bridgehead atoms. The van der Waals surface area contributed by atoms with Gasteiger partial charge in [-0.15, -0.1) is 0 Å². The molecule has 5 heterocycles. The van der Waals surface area contributed by atoms with E-state index in [1.165, 1.54) is 6.07 Å². The van der Waals surface area contributed by atoms with Crippen LogP contribution in [0.5, 0.6) is 0 Å². The van der Waals surface area contributed by atoms with Crippen LogP contribution in [0.15, 0.2) is 30.7 Å². The molecule has 1 atom stereocenters. The minimum atomic E-state index is -5.31. The molecule has 12 nitrogen and oxygen atoms in total. The molecule has 0 amide bonds. The molecule has 286 valence electrons. The van der Waals surface area contributed by atoms with Crippen molar-refractivity contribution >= 4 is 28.6 Å². The molecule has 2 fully saturated rings. The Balaban J connectivity index is 1.33. The summed E-state index contributed by atoms with van der Waals surface area (Å²) < 4.78 is 87.8. The topological polar surface area (TPSA) is 136 Å². The maximum Gasteiger partial charge on any atom is 0.433 e. The summed E-state index contributed by atoms with van der Waals surface area (Å²) >= 11 is 0. The van der Waals surface area contributed by atoms with Gasteiger partial charge in [0.15, 0.2) is 17.2 Å². The third kappa shape index (κ3) is 8.48. The molecule has 0 unspecified atom stereocenters. The maximum atomic E-state index is 13.9. The lowest BCUT2D eigenvalue weighted by Gasteiger charge is -2.40. The highest BCUT2D eigenvalue weighted by Crippen LogP contribution is 2.43. The first-order valence-electron chi connectivity index (χ1n) is 17.4. The minimum absolute atomic E-state index is 0.0333. The lowest BCUT2D eigenvalue weighted by molar-refractivity contribution is -0.164. The number of aromatic nitrogens is 6. The second kappa shape index (κ2) is 15.0. The summed E-state index contributed by atoms with van der Waals surface area (Å²) in [6.45, 7) is 5.90. The van der Waals surface area contributed by atoms with Crippen LogP contribution in [0.25, 0.3) is 33.9 Å². The second-order valence-corrected chi connectivity index (χ2v) is 14.0. The number of nitrogens with zero attached hydrogens (tertiary/aromatic N) is 8. The van der Waals surface area contributed by atoms with E-state index in [-0.39, 0.29) is 34.8 Å². The third-order valence-electron chi connectivity index (χ3n) is 10.1. The van der Waals surface area contributed by atoms with Crippen LogP contribution in [-0.4, -0.2) is 105 Å². The number of nitrogens with one attached hydrogen (secondary N) is 1. The molecule has 18 heteroatoms. The van der Waals surface area contributed by atoms with E-state index in [2.05, 4.69) is 46.6 Å². The van der Waals surface area contributed by atoms with E-state index in [1.54, 1.807) is 19.5 Å². The van der Waals surface area contributed by atoms with Gasteiger partial charge in [-0.2, -0.15) is 26.3 Å². The SMILES string of the molecule is COCC1(CN(C)c2cc(-c3cnc(C(F)(F)F)c(C(F)(F)F)c3)nc3nc(-c4cnc(N5CCN(CCCC(=O)O)[C@@H](C)C5)cn4)[nH]c23)CCCC1.